The van der Waals surface area contributed by atoms with Crippen LogP contribution in [-0.2, 0) is 14.3 Å². The van der Waals surface area contributed by atoms with E-state index in [9.17, 15) is 9.59 Å². The third-order valence-electron chi connectivity index (χ3n) is 2.73. The molecule has 0 bridgehead atoms. The topological polar surface area (TPSA) is 85.9 Å². The lowest BCUT2D eigenvalue weighted by Crippen LogP contribution is -2.37. The van der Waals surface area contributed by atoms with E-state index in [0.717, 1.165) is 0 Å². The summed E-state index contributed by atoms with van der Waals surface area (Å²) in [7, 11) is 3.07. The van der Waals surface area contributed by atoms with Crippen LogP contribution in [0.25, 0.3) is 0 Å². The molecular formula is C15H22N2O5. The molecule has 2 amide bonds. The molecule has 1 aromatic rings. The van der Waals surface area contributed by atoms with Crippen molar-refractivity contribution >= 4 is 11.8 Å². The Balaban J connectivity index is 2.17. The van der Waals surface area contributed by atoms with Crippen molar-refractivity contribution < 1.29 is 23.8 Å². The molecule has 7 heteroatoms. The molecule has 0 saturated carbocycles. The van der Waals surface area contributed by atoms with Crippen molar-refractivity contribution in [2.24, 2.45) is 0 Å². The van der Waals surface area contributed by atoms with E-state index in [-0.39, 0.29) is 18.4 Å². The number of hydrogen-bond acceptors (Lipinski definition) is 5. The second kappa shape index (κ2) is 10.4. The van der Waals surface area contributed by atoms with Crippen molar-refractivity contribution in [3.05, 3.63) is 24.3 Å². The molecule has 22 heavy (non-hydrogen) atoms. The van der Waals surface area contributed by atoms with Crippen LogP contribution in [0, 0.1) is 0 Å². The molecule has 0 aromatic heterocycles. The summed E-state index contributed by atoms with van der Waals surface area (Å²) in [4.78, 5) is 22.9. The molecule has 0 atom stereocenters. The van der Waals surface area contributed by atoms with Gasteiger partial charge in [0.2, 0.25) is 5.91 Å². The normalized spacial score (nSPS) is 9.91. The molecule has 122 valence electrons. The summed E-state index contributed by atoms with van der Waals surface area (Å²) in [6, 6.07) is 7.09. The van der Waals surface area contributed by atoms with Gasteiger partial charge in [-0.15, -0.1) is 0 Å². The highest BCUT2D eigenvalue weighted by Crippen LogP contribution is 2.25. The van der Waals surface area contributed by atoms with Crippen LogP contribution in [0.3, 0.4) is 0 Å². The minimum atomic E-state index is -0.267. The fourth-order valence-corrected chi connectivity index (χ4v) is 1.62. The summed E-state index contributed by atoms with van der Waals surface area (Å²) in [5.41, 5.74) is 0. The van der Waals surface area contributed by atoms with E-state index < -0.39 is 0 Å². The van der Waals surface area contributed by atoms with Crippen molar-refractivity contribution in [2.45, 2.75) is 6.42 Å². The van der Waals surface area contributed by atoms with Gasteiger partial charge in [-0.25, -0.2) is 0 Å². The number of methoxy groups -OCH3 is 2. The zero-order chi connectivity index (χ0) is 16.2. The molecule has 7 nitrogen and oxygen atoms in total. The van der Waals surface area contributed by atoms with Crippen LogP contribution in [0.1, 0.15) is 6.42 Å². The minimum Gasteiger partial charge on any atom is -0.493 e. The molecule has 0 radical (unpaired) electrons. The van der Waals surface area contributed by atoms with Crippen LogP contribution in [0.15, 0.2) is 24.3 Å². The molecular weight excluding hydrogens is 288 g/mol. The van der Waals surface area contributed by atoms with Crippen molar-refractivity contribution in [2.75, 3.05) is 40.5 Å². The number of amides is 2. The molecule has 0 spiro atoms. The standard InChI is InChI=1S/C15H22N2O5/c1-20-10-7-14(18)16-8-9-17-15(19)11-22-13-6-4-3-5-12(13)21-2/h3-6H,7-11H2,1-2H3,(H,16,18)(H,17,19). The maximum atomic E-state index is 11.6. The van der Waals surface area contributed by atoms with Gasteiger partial charge in [-0.3, -0.25) is 9.59 Å². The SMILES string of the molecule is COCCC(=O)NCCNC(=O)COc1ccccc1OC. The maximum Gasteiger partial charge on any atom is 0.258 e. The number of nitrogens with one attached hydrogen (secondary N) is 2. The van der Waals surface area contributed by atoms with Crippen molar-refractivity contribution in [1.82, 2.24) is 10.6 Å². The zero-order valence-corrected chi connectivity index (χ0v) is 12.9. The first-order valence-electron chi connectivity index (χ1n) is 6.95. The summed E-state index contributed by atoms with van der Waals surface area (Å²) >= 11 is 0. The Hall–Kier alpha value is -2.28. The van der Waals surface area contributed by atoms with Crippen LogP contribution in [0.2, 0.25) is 0 Å². The highest BCUT2D eigenvalue weighted by molar-refractivity contribution is 5.78. The maximum absolute atomic E-state index is 11.6. The van der Waals surface area contributed by atoms with Crippen molar-refractivity contribution in [3.8, 4) is 11.5 Å². The molecule has 1 aromatic carbocycles. The first kappa shape index (κ1) is 17.8. The number of rotatable bonds is 10. The number of carbonyl (C=O) groups excluding carboxylic acids is 2. The number of carbonyl (C=O) groups is 2. The van der Waals surface area contributed by atoms with Crippen LogP contribution in [-0.4, -0.2) is 52.3 Å². The molecule has 1 rings (SSSR count). The van der Waals surface area contributed by atoms with E-state index in [2.05, 4.69) is 10.6 Å². The van der Waals surface area contributed by atoms with Gasteiger partial charge in [0.25, 0.3) is 5.91 Å². The highest BCUT2D eigenvalue weighted by atomic mass is 16.5. The largest absolute Gasteiger partial charge is 0.493 e. The second-order valence-corrected chi connectivity index (χ2v) is 4.38. The predicted molar refractivity (Wildman–Crippen MR) is 81.0 cm³/mol. The Kier molecular flexibility index (Phi) is 8.44. The Bertz CT molecular complexity index is 479. The van der Waals surface area contributed by atoms with Crippen LogP contribution in [0.4, 0.5) is 0 Å². The van der Waals surface area contributed by atoms with E-state index >= 15 is 0 Å². The van der Waals surface area contributed by atoms with E-state index in [1.54, 1.807) is 18.2 Å². The van der Waals surface area contributed by atoms with Gasteiger partial charge in [0.15, 0.2) is 18.1 Å². The molecule has 0 unspecified atom stereocenters. The van der Waals surface area contributed by atoms with E-state index in [0.29, 0.717) is 37.6 Å². The summed E-state index contributed by atoms with van der Waals surface area (Å²) in [6.07, 6.45) is 0.307. The molecule has 0 aliphatic heterocycles. The lowest BCUT2D eigenvalue weighted by atomic mass is 10.3. The monoisotopic (exact) mass is 310 g/mol. The second-order valence-electron chi connectivity index (χ2n) is 4.38. The Morgan fingerprint density at radius 1 is 1.00 bits per heavy atom. The minimum absolute atomic E-state index is 0.110. The predicted octanol–water partition coefficient (Wildman–Crippen LogP) is 0.343. The average molecular weight is 310 g/mol. The molecule has 2 N–H and O–H groups in total. The summed E-state index contributed by atoms with van der Waals surface area (Å²) in [5.74, 6) is 0.701. The van der Waals surface area contributed by atoms with Crippen LogP contribution >= 0.6 is 0 Å². The third kappa shape index (κ3) is 6.94. The fourth-order valence-electron chi connectivity index (χ4n) is 1.62. The number of para-hydroxylation sites is 2. The first-order chi connectivity index (χ1) is 10.7. The summed E-state index contributed by atoms with van der Waals surface area (Å²) in [5, 5.41) is 5.32. The third-order valence-corrected chi connectivity index (χ3v) is 2.73. The fraction of sp³-hybridized carbons (Fsp3) is 0.467. The molecule has 0 fully saturated rings. The Morgan fingerprint density at radius 2 is 1.64 bits per heavy atom. The number of benzene rings is 1. The van der Waals surface area contributed by atoms with Gasteiger partial charge in [-0.2, -0.15) is 0 Å². The number of ether oxygens (including phenoxy) is 3. The highest BCUT2D eigenvalue weighted by Gasteiger charge is 2.06. The van der Waals surface area contributed by atoms with E-state index in [1.807, 2.05) is 6.07 Å². The van der Waals surface area contributed by atoms with Gasteiger partial charge in [0, 0.05) is 26.6 Å². The molecule has 0 aliphatic rings. The van der Waals surface area contributed by atoms with E-state index in [4.69, 9.17) is 14.2 Å². The smallest absolute Gasteiger partial charge is 0.258 e. The van der Waals surface area contributed by atoms with Gasteiger partial charge < -0.3 is 24.8 Å². The van der Waals surface area contributed by atoms with Gasteiger partial charge in [-0.05, 0) is 12.1 Å². The zero-order valence-electron chi connectivity index (χ0n) is 12.9. The molecule has 0 heterocycles. The van der Waals surface area contributed by atoms with Gasteiger partial charge in [-0.1, -0.05) is 12.1 Å². The summed E-state index contributed by atoms with van der Waals surface area (Å²) in [6.45, 7) is 0.971. The van der Waals surface area contributed by atoms with E-state index in [1.165, 1.54) is 14.2 Å². The van der Waals surface area contributed by atoms with Gasteiger partial charge >= 0.3 is 0 Å². The lowest BCUT2D eigenvalue weighted by Gasteiger charge is -2.10. The van der Waals surface area contributed by atoms with Crippen LogP contribution in [0.5, 0.6) is 11.5 Å². The first-order valence-corrected chi connectivity index (χ1v) is 6.95. The van der Waals surface area contributed by atoms with Gasteiger partial charge in [0.1, 0.15) is 0 Å². The molecule has 0 aliphatic carbocycles. The summed E-state index contributed by atoms with van der Waals surface area (Å²) < 4.78 is 15.3. The Morgan fingerprint density at radius 3 is 2.27 bits per heavy atom. The van der Waals surface area contributed by atoms with Crippen molar-refractivity contribution in [1.29, 1.82) is 0 Å². The quantitative estimate of drug-likeness (QED) is 0.609. The Labute approximate surface area is 129 Å². The van der Waals surface area contributed by atoms with Crippen molar-refractivity contribution in [3.63, 3.8) is 0 Å². The number of hydrogen-bond donors (Lipinski definition) is 2. The lowest BCUT2D eigenvalue weighted by molar-refractivity contribution is -0.124. The average Bonchev–Trinajstić information content (AvgIpc) is 2.55. The van der Waals surface area contributed by atoms with Crippen LogP contribution < -0.4 is 20.1 Å². The van der Waals surface area contributed by atoms with Gasteiger partial charge in [0.05, 0.1) is 13.7 Å². The molecule has 0 saturated heterocycles.